The first kappa shape index (κ1) is 16.6. The van der Waals surface area contributed by atoms with Crippen molar-refractivity contribution >= 4 is 11.8 Å². The number of rotatable bonds is 6. The smallest absolute Gasteiger partial charge is 0.227 e. The molecule has 1 atom stereocenters. The normalized spacial score (nSPS) is 16.0. The average molecular weight is 327 g/mol. The van der Waals surface area contributed by atoms with Crippen molar-refractivity contribution in [3.63, 3.8) is 0 Å². The molecule has 0 radical (unpaired) electrons. The van der Waals surface area contributed by atoms with Crippen LogP contribution in [-0.2, 0) is 11.2 Å². The van der Waals surface area contributed by atoms with Crippen molar-refractivity contribution in [3.8, 4) is 0 Å². The van der Waals surface area contributed by atoms with Crippen molar-refractivity contribution in [1.29, 1.82) is 0 Å². The first-order chi connectivity index (χ1) is 11.8. The largest absolute Gasteiger partial charge is 0.378 e. The third kappa shape index (κ3) is 4.00. The quantitative estimate of drug-likeness (QED) is 0.880. The molecule has 0 bridgehead atoms. The Morgan fingerprint density at radius 2 is 2.04 bits per heavy atom. The maximum Gasteiger partial charge on any atom is 0.227 e. The highest BCUT2D eigenvalue weighted by Crippen LogP contribution is 2.22. The molecule has 6 heteroatoms. The van der Waals surface area contributed by atoms with Crippen molar-refractivity contribution in [3.05, 3.63) is 41.9 Å². The maximum atomic E-state index is 5.43. The van der Waals surface area contributed by atoms with Crippen LogP contribution in [0.4, 0.5) is 11.8 Å². The third-order valence-corrected chi connectivity index (χ3v) is 4.20. The molecule has 1 N–H and O–H groups in total. The summed E-state index contributed by atoms with van der Waals surface area (Å²) in [5.74, 6) is 1.65. The van der Waals surface area contributed by atoms with Gasteiger partial charge in [-0.1, -0.05) is 19.9 Å². The van der Waals surface area contributed by atoms with Gasteiger partial charge in [-0.3, -0.25) is 4.98 Å². The molecule has 0 amide bonds. The van der Waals surface area contributed by atoms with E-state index in [0.717, 1.165) is 62.3 Å². The van der Waals surface area contributed by atoms with Gasteiger partial charge >= 0.3 is 0 Å². The van der Waals surface area contributed by atoms with Crippen LogP contribution in [0.3, 0.4) is 0 Å². The van der Waals surface area contributed by atoms with Gasteiger partial charge in [0, 0.05) is 31.0 Å². The van der Waals surface area contributed by atoms with Crippen LogP contribution >= 0.6 is 0 Å². The van der Waals surface area contributed by atoms with Gasteiger partial charge in [0.25, 0.3) is 0 Å². The Morgan fingerprint density at radius 1 is 1.21 bits per heavy atom. The summed E-state index contributed by atoms with van der Waals surface area (Å²) < 4.78 is 5.43. The number of morpholine rings is 1. The van der Waals surface area contributed by atoms with Gasteiger partial charge in [0.2, 0.25) is 5.95 Å². The Morgan fingerprint density at radius 3 is 2.71 bits per heavy atom. The van der Waals surface area contributed by atoms with E-state index < -0.39 is 0 Å². The maximum absolute atomic E-state index is 5.43. The molecule has 1 aliphatic rings. The van der Waals surface area contributed by atoms with E-state index in [-0.39, 0.29) is 6.04 Å². The minimum atomic E-state index is 0.142. The zero-order valence-corrected chi connectivity index (χ0v) is 14.4. The van der Waals surface area contributed by atoms with E-state index >= 15 is 0 Å². The number of hydrogen-bond donors (Lipinski definition) is 1. The summed E-state index contributed by atoms with van der Waals surface area (Å²) in [6, 6.07) is 8.18. The van der Waals surface area contributed by atoms with Gasteiger partial charge in [-0.2, -0.15) is 4.98 Å². The molecule has 1 saturated heterocycles. The van der Waals surface area contributed by atoms with Crippen molar-refractivity contribution in [2.24, 2.45) is 0 Å². The molecule has 0 aromatic carbocycles. The third-order valence-electron chi connectivity index (χ3n) is 4.20. The Hall–Kier alpha value is -2.21. The van der Waals surface area contributed by atoms with Crippen LogP contribution in [0.15, 0.2) is 30.5 Å². The first-order valence-corrected chi connectivity index (χ1v) is 8.68. The summed E-state index contributed by atoms with van der Waals surface area (Å²) in [5.41, 5.74) is 2.08. The molecule has 0 saturated carbocycles. The lowest BCUT2D eigenvalue weighted by Crippen LogP contribution is -2.37. The summed E-state index contributed by atoms with van der Waals surface area (Å²) in [5, 5.41) is 3.53. The molecular weight excluding hydrogens is 302 g/mol. The number of pyridine rings is 1. The predicted molar refractivity (Wildman–Crippen MR) is 95.3 cm³/mol. The van der Waals surface area contributed by atoms with Crippen molar-refractivity contribution < 1.29 is 4.74 Å². The molecule has 0 unspecified atom stereocenters. The standard InChI is InChI=1S/C18H25N5O/c1-3-14-13-17(21-15(4-2)16-7-5-6-8-19-16)22-18(20-14)23-9-11-24-12-10-23/h5-8,13,15H,3-4,9-12H2,1-2H3,(H,20,21,22)/t15-/m0/s1. The Kier molecular flexibility index (Phi) is 5.59. The Bertz CT molecular complexity index is 643. The summed E-state index contributed by atoms with van der Waals surface area (Å²) in [6.45, 7) is 7.40. The van der Waals surface area contributed by atoms with Crippen LogP contribution in [0.1, 0.15) is 37.7 Å². The van der Waals surface area contributed by atoms with E-state index in [1.54, 1.807) is 0 Å². The predicted octanol–water partition coefficient (Wildman–Crippen LogP) is 2.83. The Balaban J connectivity index is 1.83. The molecule has 1 aliphatic heterocycles. The molecular formula is C18H25N5O. The molecule has 128 valence electrons. The van der Waals surface area contributed by atoms with Crippen LogP contribution in [-0.4, -0.2) is 41.3 Å². The van der Waals surface area contributed by atoms with Crippen LogP contribution < -0.4 is 10.2 Å². The first-order valence-electron chi connectivity index (χ1n) is 8.68. The molecule has 3 rings (SSSR count). The molecule has 3 heterocycles. The van der Waals surface area contributed by atoms with Crippen molar-refractivity contribution in [2.75, 3.05) is 36.5 Å². The fraction of sp³-hybridized carbons (Fsp3) is 0.500. The molecule has 0 spiro atoms. The summed E-state index contributed by atoms with van der Waals surface area (Å²) in [6.07, 6.45) is 3.65. The van der Waals surface area contributed by atoms with Gasteiger partial charge in [0.15, 0.2) is 0 Å². The molecule has 2 aromatic rings. The fourth-order valence-electron chi connectivity index (χ4n) is 2.79. The lowest BCUT2D eigenvalue weighted by molar-refractivity contribution is 0.122. The van der Waals surface area contributed by atoms with E-state index in [1.807, 2.05) is 30.5 Å². The van der Waals surface area contributed by atoms with E-state index in [4.69, 9.17) is 9.72 Å². The molecule has 1 fully saturated rings. The van der Waals surface area contributed by atoms with E-state index in [9.17, 15) is 0 Å². The number of aromatic nitrogens is 3. The minimum Gasteiger partial charge on any atom is -0.378 e. The molecule has 24 heavy (non-hydrogen) atoms. The number of aryl methyl sites for hydroxylation is 1. The number of ether oxygens (including phenoxy) is 1. The highest BCUT2D eigenvalue weighted by Gasteiger charge is 2.17. The fourth-order valence-corrected chi connectivity index (χ4v) is 2.79. The van der Waals surface area contributed by atoms with Gasteiger partial charge < -0.3 is 15.0 Å². The Labute approximate surface area is 143 Å². The summed E-state index contributed by atoms with van der Waals surface area (Å²) in [4.78, 5) is 16.1. The second kappa shape index (κ2) is 8.06. The SMILES string of the molecule is CCc1cc(N[C@@H](CC)c2ccccn2)nc(N2CCOCC2)n1. The second-order valence-corrected chi connectivity index (χ2v) is 5.86. The highest BCUT2D eigenvalue weighted by molar-refractivity contribution is 5.45. The lowest BCUT2D eigenvalue weighted by atomic mass is 10.1. The van der Waals surface area contributed by atoms with E-state index in [2.05, 4.69) is 34.0 Å². The van der Waals surface area contributed by atoms with E-state index in [1.165, 1.54) is 0 Å². The van der Waals surface area contributed by atoms with Gasteiger partial charge in [0.1, 0.15) is 5.82 Å². The molecule has 6 nitrogen and oxygen atoms in total. The number of anilines is 2. The van der Waals surface area contributed by atoms with E-state index in [0.29, 0.717) is 0 Å². The number of hydrogen-bond acceptors (Lipinski definition) is 6. The molecule has 2 aromatic heterocycles. The summed E-state index contributed by atoms with van der Waals surface area (Å²) in [7, 11) is 0. The number of nitrogens with zero attached hydrogens (tertiary/aromatic N) is 4. The molecule has 0 aliphatic carbocycles. The van der Waals surface area contributed by atoms with Crippen LogP contribution in [0, 0.1) is 0 Å². The van der Waals surface area contributed by atoms with Crippen molar-refractivity contribution in [1.82, 2.24) is 15.0 Å². The van der Waals surface area contributed by atoms with Crippen molar-refractivity contribution in [2.45, 2.75) is 32.7 Å². The van der Waals surface area contributed by atoms with Gasteiger partial charge in [-0.15, -0.1) is 0 Å². The van der Waals surface area contributed by atoms with Crippen LogP contribution in [0.25, 0.3) is 0 Å². The zero-order valence-electron chi connectivity index (χ0n) is 14.4. The zero-order chi connectivity index (χ0) is 16.8. The van der Waals surface area contributed by atoms with Crippen LogP contribution in [0.2, 0.25) is 0 Å². The minimum absolute atomic E-state index is 0.142. The van der Waals surface area contributed by atoms with Gasteiger partial charge in [0.05, 0.1) is 24.9 Å². The second-order valence-electron chi connectivity index (χ2n) is 5.86. The van der Waals surface area contributed by atoms with Gasteiger partial charge in [-0.05, 0) is 25.0 Å². The van der Waals surface area contributed by atoms with Gasteiger partial charge in [-0.25, -0.2) is 4.98 Å². The monoisotopic (exact) mass is 327 g/mol. The highest BCUT2D eigenvalue weighted by atomic mass is 16.5. The number of nitrogens with one attached hydrogen (secondary N) is 1. The average Bonchev–Trinajstić information content (AvgIpc) is 2.67. The lowest BCUT2D eigenvalue weighted by Gasteiger charge is -2.27. The topological polar surface area (TPSA) is 63.2 Å². The summed E-state index contributed by atoms with van der Waals surface area (Å²) >= 11 is 0. The van der Waals surface area contributed by atoms with Crippen LogP contribution in [0.5, 0.6) is 0 Å².